The number of benzene rings is 2. The van der Waals surface area contributed by atoms with Crippen molar-refractivity contribution in [3.8, 4) is 0 Å². The molecular weight excluding hydrogens is 396 g/mol. The Bertz CT molecular complexity index is 1030. The topological polar surface area (TPSA) is 81.2 Å². The van der Waals surface area contributed by atoms with E-state index in [0.717, 1.165) is 23.1 Å². The second-order valence-electron chi connectivity index (χ2n) is 7.39. The fraction of sp³-hybridized carbons (Fsp3) is 0.286. The first-order valence-electron chi connectivity index (χ1n) is 9.41. The molecule has 0 saturated carbocycles. The van der Waals surface area contributed by atoms with Gasteiger partial charge in [-0.25, -0.2) is 13.6 Å². The molecule has 4 rings (SSSR count). The molecule has 2 heterocycles. The van der Waals surface area contributed by atoms with Gasteiger partial charge >= 0.3 is 5.97 Å². The number of hydrogen-bond acceptors (Lipinski definition) is 6. The van der Waals surface area contributed by atoms with Gasteiger partial charge in [0, 0.05) is 31.9 Å². The zero-order valence-corrected chi connectivity index (χ0v) is 16.1. The van der Waals surface area contributed by atoms with E-state index in [0.29, 0.717) is 26.2 Å². The van der Waals surface area contributed by atoms with E-state index in [1.54, 1.807) is 0 Å². The monoisotopic (exact) mass is 415 g/mol. The molecule has 1 N–H and O–H groups in total. The molecule has 0 bridgehead atoms. The minimum absolute atomic E-state index is 0.105. The minimum Gasteiger partial charge on any atom is -0.479 e. The van der Waals surface area contributed by atoms with Crippen molar-refractivity contribution in [1.82, 2.24) is 4.90 Å². The Labute approximate surface area is 171 Å². The number of rotatable bonds is 3. The molecule has 9 heteroatoms. The maximum Gasteiger partial charge on any atom is 0.335 e. The highest BCUT2D eigenvalue weighted by molar-refractivity contribution is 6.51. The van der Waals surface area contributed by atoms with Crippen LogP contribution in [0.15, 0.2) is 36.4 Å². The van der Waals surface area contributed by atoms with E-state index in [9.17, 15) is 28.3 Å². The normalized spacial score (nSPS) is 19.8. The SMILES string of the molecule is CN1CCN(c2cc3c(cc2F)C(=O)C(=O)C(C(=O)O)N3c2ccc(F)cc2)CC1. The van der Waals surface area contributed by atoms with Gasteiger partial charge in [0.05, 0.1) is 16.9 Å². The van der Waals surface area contributed by atoms with Gasteiger partial charge < -0.3 is 19.8 Å². The number of nitrogens with zero attached hydrogens (tertiary/aromatic N) is 3. The number of Topliss-reactive ketones (excluding diaryl/α,β-unsaturated/α-hetero) is 2. The lowest BCUT2D eigenvalue weighted by atomic mass is 9.91. The summed E-state index contributed by atoms with van der Waals surface area (Å²) in [6.07, 6.45) is 0. The minimum atomic E-state index is -1.82. The van der Waals surface area contributed by atoms with Crippen molar-refractivity contribution in [2.24, 2.45) is 0 Å². The van der Waals surface area contributed by atoms with Crippen LogP contribution >= 0.6 is 0 Å². The summed E-state index contributed by atoms with van der Waals surface area (Å²) in [4.78, 5) is 42.0. The first kappa shape index (κ1) is 20.0. The molecule has 1 unspecified atom stereocenters. The second kappa shape index (κ2) is 7.49. The van der Waals surface area contributed by atoms with Crippen molar-refractivity contribution in [3.05, 3.63) is 53.6 Å². The predicted molar refractivity (Wildman–Crippen MR) is 105 cm³/mol. The van der Waals surface area contributed by atoms with Crippen molar-refractivity contribution in [3.63, 3.8) is 0 Å². The van der Waals surface area contributed by atoms with Gasteiger partial charge in [0.15, 0.2) is 6.04 Å². The van der Waals surface area contributed by atoms with Crippen LogP contribution in [0.5, 0.6) is 0 Å². The zero-order chi connectivity index (χ0) is 21.6. The standard InChI is InChI=1S/C21H19F2N3O4/c1-24-6-8-25(9-7-24)17-11-16-14(10-15(17)23)19(27)20(28)18(21(29)30)26(16)13-4-2-12(22)3-5-13/h2-5,10-11,18H,6-9H2,1H3,(H,29,30). The predicted octanol–water partition coefficient (Wildman–Crippen LogP) is 2.07. The molecule has 2 aromatic rings. The van der Waals surface area contributed by atoms with Crippen LogP contribution in [0, 0.1) is 11.6 Å². The van der Waals surface area contributed by atoms with Crippen molar-refractivity contribution in [2.45, 2.75) is 6.04 Å². The Kier molecular flexibility index (Phi) is 4.98. The summed E-state index contributed by atoms with van der Waals surface area (Å²) in [6, 6.07) is 5.45. The Morgan fingerprint density at radius 1 is 1.00 bits per heavy atom. The molecule has 1 saturated heterocycles. The molecule has 0 radical (unpaired) electrons. The van der Waals surface area contributed by atoms with Gasteiger partial charge in [-0.05, 0) is 43.4 Å². The van der Waals surface area contributed by atoms with Crippen LogP contribution in [0.1, 0.15) is 10.4 Å². The number of hydrogen-bond donors (Lipinski definition) is 1. The molecule has 2 aromatic carbocycles. The molecule has 0 aromatic heterocycles. The number of carbonyl (C=O) groups excluding carboxylic acids is 2. The van der Waals surface area contributed by atoms with Gasteiger partial charge in [-0.1, -0.05) is 0 Å². The molecule has 2 aliphatic heterocycles. The lowest BCUT2D eigenvalue weighted by molar-refractivity contribution is -0.141. The lowest BCUT2D eigenvalue weighted by Crippen LogP contribution is -2.51. The van der Waals surface area contributed by atoms with Gasteiger partial charge in [-0.2, -0.15) is 0 Å². The zero-order valence-electron chi connectivity index (χ0n) is 16.1. The van der Waals surface area contributed by atoms with E-state index in [2.05, 4.69) is 4.90 Å². The number of carboxylic acid groups (broad SMARTS) is 1. The molecule has 0 spiro atoms. The van der Waals surface area contributed by atoms with Gasteiger partial charge in [0.1, 0.15) is 11.6 Å². The van der Waals surface area contributed by atoms with Gasteiger partial charge in [-0.15, -0.1) is 0 Å². The number of anilines is 3. The largest absolute Gasteiger partial charge is 0.479 e. The van der Waals surface area contributed by atoms with Crippen LogP contribution in [0.25, 0.3) is 0 Å². The molecular formula is C21H19F2N3O4. The van der Waals surface area contributed by atoms with Crippen molar-refractivity contribution >= 4 is 34.6 Å². The first-order chi connectivity index (χ1) is 14.3. The van der Waals surface area contributed by atoms with E-state index in [1.807, 2.05) is 11.9 Å². The Morgan fingerprint density at radius 3 is 2.23 bits per heavy atom. The summed E-state index contributed by atoms with van der Waals surface area (Å²) >= 11 is 0. The number of carboxylic acids is 1. The molecule has 30 heavy (non-hydrogen) atoms. The molecule has 2 aliphatic rings. The fourth-order valence-electron chi connectivity index (χ4n) is 3.85. The Morgan fingerprint density at radius 2 is 1.63 bits per heavy atom. The van der Waals surface area contributed by atoms with Crippen LogP contribution in [0.4, 0.5) is 25.8 Å². The molecule has 1 fully saturated rings. The van der Waals surface area contributed by atoms with Gasteiger partial charge in [-0.3, -0.25) is 9.59 Å². The average Bonchev–Trinajstić information content (AvgIpc) is 2.71. The van der Waals surface area contributed by atoms with Crippen LogP contribution in [-0.4, -0.2) is 66.8 Å². The van der Waals surface area contributed by atoms with E-state index in [4.69, 9.17) is 0 Å². The number of fused-ring (bicyclic) bond motifs is 1. The summed E-state index contributed by atoms with van der Waals surface area (Å²) in [7, 11) is 1.96. The summed E-state index contributed by atoms with van der Waals surface area (Å²) in [6.45, 7) is 2.54. The van der Waals surface area contributed by atoms with E-state index in [-0.39, 0.29) is 22.6 Å². The van der Waals surface area contributed by atoms with Crippen LogP contribution < -0.4 is 9.80 Å². The van der Waals surface area contributed by atoms with Crippen LogP contribution in [0.2, 0.25) is 0 Å². The summed E-state index contributed by atoms with van der Waals surface area (Å²) in [5, 5.41) is 9.66. The Balaban J connectivity index is 1.89. The maximum absolute atomic E-state index is 14.9. The van der Waals surface area contributed by atoms with Crippen molar-refractivity contribution in [2.75, 3.05) is 43.0 Å². The molecule has 0 amide bonds. The molecule has 7 nitrogen and oxygen atoms in total. The van der Waals surface area contributed by atoms with Crippen LogP contribution in [-0.2, 0) is 9.59 Å². The number of aliphatic carboxylic acids is 1. The highest BCUT2D eigenvalue weighted by Crippen LogP contribution is 2.39. The molecule has 1 atom stereocenters. The van der Waals surface area contributed by atoms with Crippen molar-refractivity contribution < 1.29 is 28.3 Å². The van der Waals surface area contributed by atoms with Gasteiger partial charge in [0.2, 0.25) is 11.6 Å². The lowest BCUT2D eigenvalue weighted by Gasteiger charge is -2.38. The third-order valence-electron chi connectivity index (χ3n) is 5.48. The third-order valence-corrected chi connectivity index (χ3v) is 5.48. The van der Waals surface area contributed by atoms with Gasteiger partial charge in [0.25, 0.3) is 0 Å². The second-order valence-corrected chi connectivity index (χ2v) is 7.39. The van der Waals surface area contributed by atoms with Crippen LogP contribution in [0.3, 0.4) is 0 Å². The Hall–Kier alpha value is -3.33. The number of likely N-dealkylation sites (N-methyl/N-ethyl adjacent to an activating group) is 1. The maximum atomic E-state index is 14.9. The fourth-order valence-corrected chi connectivity index (χ4v) is 3.85. The summed E-state index contributed by atoms with van der Waals surface area (Å²) < 4.78 is 28.3. The number of ketones is 2. The average molecular weight is 415 g/mol. The summed E-state index contributed by atoms with van der Waals surface area (Å²) in [5.41, 5.74) is 0.327. The molecule has 156 valence electrons. The molecule has 0 aliphatic carbocycles. The summed E-state index contributed by atoms with van der Waals surface area (Å²) in [5.74, 6) is -4.95. The number of piperazine rings is 1. The first-order valence-corrected chi connectivity index (χ1v) is 9.41. The highest BCUT2D eigenvalue weighted by Gasteiger charge is 2.45. The van der Waals surface area contributed by atoms with E-state index >= 15 is 0 Å². The highest BCUT2D eigenvalue weighted by atomic mass is 19.1. The smallest absolute Gasteiger partial charge is 0.335 e. The van der Waals surface area contributed by atoms with E-state index < -0.39 is 35.2 Å². The third kappa shape index (κ3) is 3.30. The number of carbonyl (C=O) groups is 3. The van der Waals surface area contributed by atoms with E-state index in [1.165, 1.54) is 18.2 Å². The van der Waals surface area contributed by atoms with Crippen molar-refractivity contribution in [1.29, 1.82) is 0 Å². The quantitative estimate of drug-likeness (QED) is 0.607. The number of halogens is 2.